The maximum absolute atomic E-state index is 12.9. The van der Waals surface area contributed by atoms with Crippen LogP contribution >= 0.6 is 0 Å². The minimum absolute atomic E-state index is 0.0626. The number of benzene rings is 2. The number of nitrogens with one attached hydrogen (secondary N) is 3. The second-order valence-electron chi connectivity index (χ2n) is 6.33. The summed E-state index contributed by atoms with van der Waals surface area (Å²) < 4.78 is 43.4. The summed E-state index contributed by atoms with van der Waals surface area (Å²) in [6, 6.07) is 10.7. The smallest absolute Gasteiger partial charge is 0.394 e. The average molecular weight is 434 g/mol. The minimum atomic E-state index is -4.51. The Morgan fingerprint density at radius 1 is 1.10 bits per heavy atom. The van der Waals surface area contributed by atoms with Gasteiger partial charge < -0.3 is 25.6 Å². The van der Waals surface area contributed by atoms with Gasteiger partial charge in [0.05, 0.1) is 23.4 Å². The molecule has 0 aliphatic heterocycles. The van der Waals surface area contributed by atoms with Gasteiger partial charge >= 0.3 is 6.18 Å². The Bertz CT molecular complexity index is 1050. The second kappa shape index (κ2) is 9.30. The summed E-state index contributed by atoms with van der Waals surface area (Å²) in [6.45, 7) is -0.696. The highest BCUT2D eigenvalue weighted by Gasteiger charge is 2.30. The molecule has 2 aromatic carbocycles. The van der Waals surface area contributed by atoms with Gasteiger partial charge in [0, 0.05) is 11.8 Å². The summed E-state index contributed by atoms with van der Waals surface area (Å²) in [4.78, 5) is 24.9. The molecule has 0 unspecified atom stereocenters. The van der Waals surface area contributed by atoms with E-state index in [0.29, 0.717) is 0 Å². The number of alkyl halides is 3. The van der Waals surface area contributed by atoms with Crippen molar-refractivity contribution in [2.24, 2.45) is 0 Å². The number of halogens is 3. The third kappa shape index (κ3) is 5.60. The molecule has 3 rings (SSSR count). The van der Waals surface area contributed by atoms with Crippen molar-refractivity contribution < 1.29 is 32.4 Å². The van der Waals surface area contributed by atoms with E-state index in [0.717, 1.165) is 12.1 Å². The van der Waals surface area contributed by atoms with Crippen LogP contribution < -0.4 is 16.0 Å². The Balaban J connectivity index is 1.76. The summed E-state index contributed by atoms with van der Waals surface area (Å²) in [6.07, 6.45) is -3.28. The Labute approximate surface area is 174 Å². The maximum Gasteiger partial charge on any atom is 0.416 e. The molecule has 8 nitrogen and oxygen atoms in total. The van der Waals surface area contributed by atoms with Crippen molar-refractivity contribution in [3.05, 3.63) is 72.0 Å². The fourth-order valence-corrected chi connectivity index (χ4v) is 2.64. The van der Waals surface area contributed by atoms with Gasteiger partial charge in [0.15, 0.2) is 5.82 Å². The van der Waals surface area contributed by atoms with Crippen LogP contribution in [0.5, 0.6) is 0 Å². The van der Waals surface area contributed by atoms with Gasteiger partial charge in [-0.15, -0.1) is 0 Å². The molecule has 0 radical (unpaired) electrons. The minimum Gasteiger partial charge on any atom is -0.394 e. The molecule has 3 aromatic rings. The molecule has 1 aromatic heterocycles. The molecule has 0 fully saturated rings. The Hall–Kier alpha value is -3.86. The summed E-state index contributed by atoms with van der Waals surface area (Å²) >= 11 is 0. The van der Waals surface area contributed by atoms with E-state index in [4.69, 9.17) is 0 Å². The van der Waals surface area contributed by atoms with Crippen molar-refractivity contribution >= 4 is 29.0 Å². The van der Waals surface area contributed by atoms with Crippen molar-refractivity contribution in [2.45, 2.75) is 12.2 Å². The zero-order valence-electron chi connectivity index (χ0n) is 15.8. The molecule has 162 valence electrons. The standard InChI is InChI=1S/C20H17F3N4O4/c21-20(22,23)12-4-3-5-13(10-12)24-15-7-2-1-6-14(15)18(29)25-16(11-28)19(30)26-17-8-9-31-27-17/h1-10,16,24,28H,11H2,(H,25,29)(H,26,27,30)/t16-/m0/s1. The van der Waals surface area contributed by atoms with Crippen LogP contribution in [-0.4, -0.2) is 34.7 Å². The van der Waals surface area contributed by atoms with Gasteiger partial charge in [-0.25, -0.2) is 0 Å². The molecule has 0 bridgehead atoms. The van der Waals surface area contributed by atoms with E-state index in [2.05, 4.69) is 25.6 Å². The zero-order valence-corrected chi connectivity index (χ0v) is 15.8. The lowest BCUT2D eigenvalue weighted by atomic mass is 10.1. The first-order chi connectivity index (χ1) is 14.8. The lowest BCUT2D eigenvalue weighted by Crippen LogP contribution is -2.46. The van der Waals surface area contributed by atoms with E-state index in [1.165, 1.54) is 36.6 Å². The third-order valence-electron chi connectivity index (χ3n) is 4.13. The molecule has 0 saturated carbocycles. The number of hydrogen-bond donors (Lipinski definition) is 4. The Morgan fingerprint density at radius 2 is 1.87 bits per heavy atom. The van der Waals surface area contributed by atoms with Crippen molar-refractivity contribution in [2.75, 3.05) is 17.2 Å². The molecule has 1 heterocycles. The topological polar surface area (TPSA) is 116 Å². The van der Waals surface area contributed by atoms with Crippen LogP contribution in [0, 0.1) is 0 Å². The van der Waals surface area contributed by atoms with Gasteiger partial charge in [-0.05, 0) is 30.3 Å². The first-order valence-corrected chi connectivity index (χ1v) is 8.94. The molecular weight excluding hydrogens is 417 g/mol. The molecule has 4 N–H and O–H groups in total. The molecule has 0 aliphatic rings. The predicted molar refractivity (Wildman–Crippen MR) is 105 cm³/mol. The lowest BCUT2D eigenvalue weighted by molar-refractivity contribution is -0.137. The number of aromatic nitrogens is 1. The van der Waals surface area contributed by atoms with Crippen LogP contribution in [0.4, 0.5) is 30.4 Å². The fraction of sp³-hybridized carbons (Fsp3) is 0.150. The van der Waals surface area contributed by atoms with Gasteiger partial charge in [-0.2, -0.15) is 13.2 Å². The van der Waals surface area contributed by atoms with Crippen LogP contribution in [0.15, 0.2) is 65.4 Å². The number of anilines is 3. The van der Waals surface area contributed by atoms with E-state index in [1.807, 2.05) is 0 Å². The molecule has 0 spiro atoms. The highest BCUT2D eigenvalue weighted by Crippen LogP contribution is 2.31. The van der Waals surface area contributed by atoms with Gasteiger partial charge in [-0.1, -0.05) is 23.4 Å². The van der Waals surface area contributed by atoms with E-state index in [9.17, 15) is 27.9 Å². The number of nitrogens with zero attached hydrogens (tertiary/aromatic N) is 1. The van der Waals surface area contributed by atoms with Crippen LogP contribution in [0.25, 0.3) is 0 Å². The quantitative estimate of drug-likeness (QED) is 0.454. The third-order valence-corrected chi connectivity index (χ3v) is 4.13. The monoisotopic (exact) mass is 434 g/mol. The SMILES string of the molecule is O=C(N[C@@H](CO)C(=O)Nc1ccon1)c1ccccc1Nc1cccc(C(F)(F)F)c1. The van der Waals surface area contributed by atoms with Crippen LogP contribution in [-0.2, 0) is 11.0 Å². The number of hydrogen-bond acceptors (Lipinski definition) is 6. The van der Waals surface area contributed by atoms with Crippen molar-refractivity contribution in [1.29, 1.82) is 0 Å². The molecule has 11 heteroatoms. The average Bonchev–Trinajstić information content (AvgIpc) is 3.24. The summed E-state index contributed by atoms with van der Waals surface area (Å²) in [5.41, 5.74) is -0.442. The highest BCUT2D eigenvalue weighted by atomic mass is 19.4. The zero-order chi connectivity index (χ0) is 22.4. The van der Waals surface area contributed by atoms with Crippen molar-refractivity contribution in [3.8, 4) is 0 Å². The molecule has 2 amide bonds. The van der Waals surface area contributed by atoms with Crippen LogP contribution in [0.3, 0.4) is 0 Å². The van der Waals surface area contributed by atoms with Gasteiger partial charge in [0.1, 0.15) is 12.3 Å². The number of aliphatic hydroxyl groups is 1. The molecule has 0 aliphatic carbocycles. The van der Waals surface area contributed by atoms with Crippen LogP contribution in [0.2, 0.25) is 0 Å². The van der Waals surface area contributed by atoms with Gasteiger partial charge in [0.25, 0.3) is 11.8 Å². The van der Waals surface area contributed by atoms with Crippen molar-refractivity contribution in [1.82, 2.24) is 10.5 Å². The number of para-hydroxylation sites is 1. The number of carbonyl (C=O) groups excluding carboxylic acids is 2. The van der Waals surface area contributed by atoms with Gasteiger partial charge in [-0.3, -0.25) is 9.59 Å². The first kappa shape index (κ1) is 21.8. The van der Waals surface area contributed by atoms with E-state index in [1.54, 1.807) is 12.1 Å². The summed E-state index contributed by atoms with van der Waals surface area (Å²) in [5, 5.41) is 20.5. The van der Waals surface area contributed by atoms with E-state index < -0.39 is 36.2 Å². The second-order valence-corrected chi connectivity index (χ2v) is 6.33. The maximum atomic E-state index is 12.9. The lowest BCUT2D eigenvalue weighted by Gasteiger charge is -2.17. The summed E-state index contributed by atoms with van der Waals surface area (Å²) in [7, 11) is 0. The number of rotatable bonds is 7. The highest BCUT2D eigenvalue weighted by molar-refractivity contribution is 6.04. The van der Waals surface area contributed by atoms with E-state index in [-0.39, 0.29) is 22.8 Å². The number of carbonyl (C=O) groups is 2. The largest absolute Gasteiger partial charge is 0.416 e. The molecule has 31 heavy (non-hydrogen) atoms. The number of aliphatic hydroxyl groups excluding tert-OH is 1. The Kier molecular flexibility index (Phi) is 6.55. The predicted octanol–water partition coefficient (Wildman–Crippen LogP) is 3.17. The van der Waals surface area contributed by atoms with Crippen LogP contribution in [0.1, 0.15) is 15.9 Å². The first-order valence-electron chi connectivity index (χ1n) is 8.94. The Morgan fingerprint density at radius 3 is 2.55 bits per heavy atom. The molecular formula is C20H17F3N4O4. The van der Waals surface area contributed by atoms with Crippen molar-refractivity contribution in [3.63, 3.8) is 0 Å². The number of amides is 2. The van der Waals surface area contributed by atoms with Gasteiger partial charge in [0.2, 0.25) is 0 Å². The van der Waals surface area contributed by atoms with E-state index >= 15 is 0 Å². The normalized spacial score (nSPS) is 12.1. The fourth-order valence-electron chi connectivity index (χ4n) is 2.64. The molecule has 0 saturated heterocycles. The summed E-state index contributed by atoms with van der Waals surface area (Å²) in [5.74, 6) is -1.35. The molecule has 1 atom stereocenters.